The predicted molar refractivity (Wildman–Crippen MR) is 135 cm³/mol. The van der Waals surface area contributed by atoms with Gasteiger partial charge in [-0.2, -0.15) is 0 Å². The van der Waals surface area contributed by atoms with Crippen molar-refractivity contribution >= 4 is 10.1 Å². The smallest absolute Gasteiger partial charge is 0.748 e. The Bertz CT molecular complexity index is 1180. The van der Waals surface area contributed by atoms with Crippen LogP contribution in [-0.4, -0.2) is 56.5 Å². The third-order valence-corrected chi connectivity index (χ3v) is 7.36. The Balaban J connectivity index is 0.00000400. The summed E-state index contributed by atoms with van der Waals surface area (Å²) in [4.78, 5) is 0. The first-order valence-corrected chi connectivity index (χ1v) is 13.5. The van der Waals surface area contributed by atoms with Gasteiger partial charge in [0.1, 0.15) is 33.7 Å². The monoisotopic (exact) mass is 550 g/mol. The Morgan fingerprint density at radius 1 is 0.737 bits per heavy atom. The van der Waals surface area contributed by atoms with Crippen molar-refractivity contribution in [2.45, 2.75) is 49.7 Å². The summed E-state index contributed by atoms with van der Waals surface area (Å²) in [7, 11) is -3.45. The Kier molecular flexibility index (Phi) is 12.4. The van der Waals surface area contributed by atoms with Gasteiger partial charge >= 0.3 is 29.6 Å². The number of ether oxygens (including phenoxy) is 5. The Hall–Kier alpha value is -1.63. The molecule has 3 aromatic rings. The maximum Gasteiger partial charge on any atom is 1.00 e. The Morgan fingerprint density at radius 3 is 1.63 bits per heavy atom. The van der Waals surface area contributed by atoms with Gasteiger partial charge in [0.25, 0.3) is 0 Å². The molecule has 5 atom stereocenters. The van der Waals surface area contributed by atoms with E-state index in [1.807, 2.05) is 91.0 Å². The summed E-state index contributed by atoms with van der Waals surface area (Å²) < 4.78 is 67.3. The first-order chi connectivity index (χ1) is 18.0. The number of benzene rings is 3. The molecule has 10 heteroatoms. The molecule has 3 aromatic carbocycles. The molecule has 0 saturated carbocycles. The minimum atomic E-state index is -4.89. The van der Waals surface area contributed by atoms with Crippen LogP contribution in [0.4, 0.5) is 0 Å². The number of methoxy groups -OCH3 is 1. The topological polar surface area (TPSA) is 103 Å². The van der Waals surface area contributed by atoms with Gasteiger partial charge in [-0.15, -0.1) is 0 Å². The molecular weight excluding hydrogens is 519 g/mol. The van der Waals surface area contributed by atoms with Gasteiger partial charge in [0.2, 0.25) is 0 Å². The van der Waals surface area contributed by atoms with Crippen molar-refractivity contribution in [3.63, 3.8) is 0 Å². The van der Waals surface area contributed by atoms with E-state index < -0.39 is 40.0 Å². The van der Waals surface area contributed by atoms with E-state index in [0.29, 0.717) is 0 Å². The Morgan fingerprint density at radius 2 is 1.18 bits per heavy atom. The molecule has 1 aliphatic rings. The number of rotatable bonds is 12. The van der Waals surface area contributed by atoms with E-state index in [9.17, 15) is 13.0 Å². The van der Waals surface area contributed by atoms with Crippen LogP contribution in [0.1, 0.15) is 16.7 Å². The fraction of sp³-hybridized carbons (Fsp3) is 0.357. The van der Waals surface area contributed by atoms with E-state index >= 15 is 0 Å². The third kappa shape index (κ3) is 8.69. The van der Waals surface area contributed by atoms with E-state index in [1.54, 1.807) is 0 Å². The molecule has 198 valence electrons. The van der Waals surface area contributed by atoms with E-state index in [1.165, 1.54) is 7.11 Å². The molecule has 38 heavy (non-hydrogen) atoms. The zero-order valence-electron chi connectivity index (χ0n) is 21.5. The molecular formula is C28H31NaO8S. The third-order valence-electron chi connectivity index (χ3n) is 6.12. The quantitative estimate of drug-likeness (QED) is 0.240. The van der Waals surface area contributed by atoms with Crippen molar-refractivity contribution < 1.29 is 66.2 Å². The minimum absolute atomic E-state index is 0. The van der Waals surface area contributed by atoms with Crippen LogP contribution in [0.3, 0.4) is 0 Å². The molecule has 4 rings (SSSR count). The minimum Gasteiger partial charge on any atom is -0.748 e. The van der Waals surface area contributed by atoms with Crippen LogP contribution < -0.4 is 29.6 Å². The largest absolute Gasteiger partial charge is 1.00 e. The van der Waals surface area contributed by atoms with Gasteiger partial charge in [0, 0.05) is 7.11 Å². The fourth-order valence-corrected chi connectivity index (χ4v) is 5.39. The molecule has 1 aliphatic heterocycles. The molecule has 0 unspecified atom stereocenters. The second-order valence-corrected chi connectivity index (χ2v) is 10.3. The van der Waals surface area contributed by atoms with Gasteiger partial charge in [0.05, 0.1) is 26.4 Å². The summed E-state index contributed by atoms with van der Waals surface area (Å²) in [5.41, 5.74) is 2.60. The van der Waals surface area contributed by atoms with Crippen LogP contribution in [0.15, 0.2) is 91.0 Å². The number of hydrogen-bond donors (Lipinski definition) is 0. The van der Waals surface area contributed by atoms with Crippen molar-refractivity contribution in [3.8, 4) is 0 Å². The van der Waals surface area contributed by atoms with Gasteiger partial charge < -0.3 is 28.2 Å². The molecule has 0 radical (unpaired) electrons. The van der Waals surface area contributed by atoms with Crippen LogP contribution in [0.2, 0.25) is 0 Å². The molecule has 1 fully saturated rings. The second kappa shape index (κ2) is 15.2. The number of hydrogen-bond acceptors (Lipinski definition) is 8. The zero-order valence-corrected chi connectivity index (χ0v) is 24.4. The molecule has 0 N–H and O–H groups in total. The average Bonchev–Trinajstić information content (AvgIpc) is 2.91. The summed E-state index contributed by atoms with van der Waals surface area (Å²) >= 11 is 0. The summed E-state index contributed by atoms with van der Waals surface area (Å²) in [5.74, 6) is 0. The second-order valence-electron chi connectivity index (χ2n) is 8.76. The predicted octanol–water partition coefficient (Wildman–Crippen LogP) is 0.663. The molecule has 1 saturated heterocycles. The Labute approximate surface area is 246 Å². The standard InChI is InChI=1S/C28H32O8S.Na/c1-32-28-26(35-19-23-15-9-4-10-16-23)25(34-18-22-13-7-3-8-14-22)27(37(29,30)31)24(36-28)20-33-17-21-11-5-2-6-12-21;/h2-16,24-28H,17-20H2,1H3,(H,29,30,31);/q;+1/p-1/t24-,25-,26-,27-,28+;/m1./s1. The van der Waals surface area contributed by atoms with Gasteiger partial charge in [-0.3, -0.25) is 0 Å². The SMILES string of the molecule is CO[C@H]1O[C@H](COCc2ccccc2)[C@@H](S(=O)(=O)[O-])[C@H](OCc2ccccc2)[C@H]1OCc1ccccc1.[Na+]. The molecule has 0 aromatic heterocycles. The first-order valence-electron chi connectivity index (χ1n) is 12.0. The van der Waals surface area contributed by atoms with E-state index in [2.05, 4.69) is 0 Å². The molecule has 8 nitrogen and oxygen atoms in total. The molecule has 1 heterocycles. The van der Waals surface area contributed by atoms with Gasteiger partial charge in [-0.05, 0) is 16.7 Å². The average molecular weight is 551 g/mol. The van der Waals surface area contributed by atoms with Gasteiger partial charge in [0.15, 0.2) is 6.29 Å². The van der Waals surface area contributed by atoms with Crippen LogP contribution in [-0.2, 0) is 53.6 Å². The molecule has 0 aliphatic carbocycles. The maximum atomic E-state index is 12.6. The van der Waals surface area contributed by atoms with Gasteiger partial charge in [-0.25, -0.2) is 8.42 Å². The van der Waals surface area contributed by atoms with Crippen LogP contribution in [0.25, 0.3) is 0 Å². The van der Waals surface area contributed by atoms with Crippen LogP contribution >= 0.6 is 0 Å². The maximum absolute atomic E-state index is 12.6. The van der Waals surface area contributed by atoms with Crippen LogP contribution in [0.5, 0.6) is 0 Å². The van der Waals surface area contributed by atoms with Crippen LogP contribution in [0, 0.1) is 0 Å². The molecule has 0 amide bonds. The van der Waals surface area contributed by atoms with Crippen molar-refractivity contribution in [2.75, 3.05) is 13.7 Å². The zero-order chi connectivity index (χ0) is 26.1. The van der Waals surface area contributed by atoms with E-state index in [-0.39, 0.29) is 56.0 Å². The normalized spacial score (nSPS) is 23.5. The fourth-order valence-electron chi connectivity index (χ4n) is 4.32. The van der Waals surface area contributed by atoms with Gasteiger partial charge in [-0.1, -0.05) is 91.0 Å². The summed E-state index contributed by atoms with van der Waals surface area (Å²) in [6.45, 7) is 0.322. The van der Waals surface area contributed by atoms with E-state index in [4.69, 9.17) is 23.7 Å². The van der Waals surface area contributed by atoms with Crippen molar-refractivity contribution in [3.05, 3.63) is 108 Å². The van der Waals surface area contributed by atoms with Crippen molar-refractivity contribution in [1.29, 1.82) is 0 Å². The summed E-state index contributed by atoms with van der Waals surface area (Å²) in [6, 6.07) is 28.1. The first kappa shape index (κ1) is 30.9. The summed E-state index contributed by atoms with van der Waals surface area (Å²) in [6.07, 6.45) is -4.23. The molecule has 0 spiro atoms. The summed E-state index contributed by atoms with van der Waals surface area (Å²) in [5, 5.41) is -1.57. The van der Waals surface area contributed by atoms with E-state index in [0.717, 1.165) is 16.7 Å². The van der Waals surface area contributed by atoms with Crippen molar-refractivity contribution in [2.24, 2.45) is 0 Å². The molecule has 0 bridgehead atoms. The van der Waals surface area contributed by atoms with Crippen molar-refractivity contribution in [1.82, 2.24) is 0 Å².